The van der Waals surface area contributed by atoms with E-state index in [0.29, 0.717) is 18.5 Å². The Labute approximate surface area is 106 Å². The van der Waals surface area contributed by atoms with Crippen molar-refractivity contribution in [2.45, 2.75) is 19.9 Å². The zero-order valence-corrected chi connectivity index (χ0v) is 10.6. The predicted octanol–water partition coefficient (Wildman–Crippen LogP) is 2.12. The molecule has 1 aromatic heterocycles. The van der Waals surface area contributed by atoms with Crippen LogP contribution in [0.4, 0.5) is 0 Å². The van der Waals surface area contributed by atoms with E-state index in [2.05, 4.69) is 0 Å². The molecule has 1 heterocycles. The van der Waals surface area contributed by atoms with Gasteiger partial charge in [-0.1, -0.05) is 12.1 Å². The minimum absolute atomic E-state index is 0.138. The van der Waals surface area contributed by atoms with Crippen molar-refractivity contribution in [3.8, 4) is 0 Å². The average Bonchev–Trinajstić information content (AvgIpc) is 2.73. The molecule has 1 aromatic carbocycles. The number of carbonyl (C=O) groups excluding carboxylic acids is 1. The summed E-state index contributed by atoms with van der Waals surface area (Å²) in [6.45, 7) is 2.84. The highest BCUT2D eigenvalue weighted by Gasteiger charge is 2.15. The van der Waals surface area contributed by atoms with Gasteiger partial charge in [0.1, 0.15) is 0 Å². The number of rotatable bonds is 4. The van der Waals surface area contributed by atoms with Crippen molar-refractivity contribution >= 4 is 16.9 Å². The molecular formula is C14H17NO3. The molecule has 0 aliphatic carbocycles. The third-order valence-corrected chi connectivity index (χ3v) is 3.00. The van der Waals surface area contributed by atoms with E-state index in [1.807, 2.05) is 29.7 Å². The first-order valence-electron chi connectivity index (χ1n) is 5.96. The van der Waals surface area contributed by atoms with Crippen LogP contribution in [-0.2, 0) is 11.3 Å². The molecule has 0 fully saturated rings. The molecule has 4 nitrogen and oxygen atoms in total. The van der Waals surface area contributed by atoms with Crippen LogP contribution in [0.2, 0.25) is 0 Å². The Balaban J connectivity index is 2.55. The third kappa shape index (κ3) is 2.24. The summed E-state index contributed by atoms with van der Waals surface area (Å²) in [6.07, 6.45) is 2.46. The number of carbonyl (C=O) groups is 1. The second-order valence-electron chi connectivity index (χ2n) is 4.33. The maximum Gasteiger partial charge on any atom is 0.340 e. The number of hydrogen-bond donors (Lipinski definition) is 1. The zero-order valence-electron chi connectivity index (χ0n) is 10.6. The number of ether oxygens (including phenoxy) is 1. The van der Waals surface area contributed by atoms with Gasteiger partial charge in [-0.2, -0.15) is 0 Å². The second kappa shape index (κ2) is 5.23. The number of nitrogens with zero attached hydrogens (tertiary/aromatic N) is 1. The number of aliphatic hydroxyl groups excluding tert-OH is 1. The summed E-state index contributed by atoms with van der Waals surface area (Å²) in [4.78, 5) is 11.7. The highest BCUT2D eigenvalue weighted by molar-refractivity contribution is 6.04. The number of hydrogen-bond acceptors (Lipinski definition) is 3. The lowest BCUT2D eigenvalue weighted by Crippen LogP contribution is -2.01. The number of esters is 1. The highest BCUT2D eigenvalue weighted by Crippen LogP contribution is 2.23. The normalized spacial score (nSPS) is 10.8. The van der Waals surface area contributed by atoms with Gasteiger partial charge in [0.15, 0.2) is 0 Å². The molecule has 0 radical (unpaired) electrons. The molecule has 0 unspecified atom stereocenters. The lowest BCUT2D eigenvalue weighted by atomic mass is 10.1. The van der Waals surface area contributed by atoms with Crippen LogP contribution in [0.3, 0.4) is 0 Å². The van der Waals surface area contributed by atoms with Gasteiger partial charge in [0.05, 0.1) is 12.7 Å². The van der Waals surface area contributed by atoms with E-state index in [1.165, 1.54) is 7.11 Å². The minimum atomic E-state index is -0.327. The highest BCUT2D eigenvalue weighted by atomic mass is 16.5. The van der Waals surface area contributed by atoms with Crippen LogP contribution >= 0.6 is 0 Å². The molecule has 0 saturated heterocycles. The second-order valence-corrected chi connectivity index (χ2v) is 4.33. The number of aryl methyl sites for hydroxylation is 2. The van der Waals surface area contributed by atoms with Crippen LogP contribution in [0.5, 0.6) is 0 Å². The van der Waals surface area contributed by atoms with Gasteiger partial charge in [0, 0.05) is 30.3 Å². The van der Waals surface area contributed by atoms with E-state index in [9.17, 15) is 4.79 Å². The quantitative estimate of drug-likeness (QED) is 0.842. The fourth-order valence-corrected chi connectivity index (χ4v) is 2.10. The van der Waals surface area contributed by atoms with Gasteiger partial charge >= 0.3 is 5.97 Å². The Kier molecular flexibility index (Phi) is 3.67. The number of fused-ring (bicyclic) bond motifs is 1. The lowest BCUT2D eigenvalue weighted by molar-refractivity contribution is 0.0602. The number of aliphatic hydroxyl groups is 1. The molecule has 4 heteroatoms. The smallest absolute Gasteiger partial charge is 0.340 e. The van der Waals surface area contributed by atoms with Crippen molar-refractivity contribution in [1.82, 2.24) is 4.57 Å². The molecular weight excluding hydrogens is 230 g/mol. The van der Waals surface area contributed by atoms with E-state index < -0.39 is 0 Å². The monoisotopic (exact) mass is 247 g/mol. The largest absolute Gasteiger partial charge is 0.465 e. The fourth-order valence-electron chi connectivity index (χ4n) is 2.10. The molecule has 2 aromatic rings. The van der Waals surface area contributed by atoms with Gasteiger partial charge in [-0.25, -0.2) is 4.79 Å². The summed E-state index contributed by atoms with van der Waals surface area (Å²) in [5.74, 6) is -0.327. The van der Waals surface area contributed by atoms with E-state index in [-0.39, 0.29) is 12.6 Å². The minimum Gasteiger partial charge on any atom is -0.465 e. The van der Waals surface area contributed by atoms with Crippen LogP contribution in [0.1, 0.15) is 22.3 Å². The summed E-state index contributed by atoms with van der Waals surface area (Å²) in [7, 11) is 1.38. The first-order valence-corrected chi connectivity index (χ1v) is 5.96. The molecule has 0 spiro atoms. The van der Waals surface area contributed by atoms with Crippen LogP contribution in [-0.4, -0.2) is 29.4 Å². The summed E-state index contributed by atoms with van der Waals surface area (Å²) < 4.78 is 6.78. The van der Waals surface area contributed by atoms with Crippen molar-refractivity contribution in [2.24, 2.45) is 0 Å². The van der Waals surface area contributed by atoms with E-state index in [1.54, 1.807) is 6.20 Å². The maximum atomic E-state index is 11.7. The summed E-state index contributed by atoms with van der Waals surface area (Å²) >= 11 is 0. The summed E-state index contributed by atoms with van der Waals surface area (Å²) in [5, 5.41) is 9.81. The van der Waals surface area contributed by atoms with E-state index in [0.717, 1.165) is 16.5 Å². The molecule has 96 valence electrons. The van der Waals surface area contributed by atoms with E-state index in [4.69, 9.17) is 9.84 Å². The predicted molar refractivity (Wildman–Crippen MR) is 69.7 cm³/mol. The Morgan fingerprint density at radius 2 is 2.22 bits per heavy atom. The Morgan fingerprint density at radius 3 is 2.89 bits per heavy atom. The molecule has 0 bridgehead atoms. The van der Waals surface area contributed by atoms with Crippen molar-refractivity contribution in [3.05, 3.63) is 35.5 Å². The topological polar surface area (TPSA) is 51.5 Å². The van der Waals surface area contributed by atoms with Crippen LogP contribution in [0.25, 0.3) is 10.9 Å². The van der Waals surface area contributed by atoms with Crippen LogP contribution < -0.4 is 0 Å². The molecule has 0 amide bonds. The molecule has 2 rings (SSSR count). The average molecular weight is 247 g/mol. The standard InChI is InChI=1S/C14H17NO3/c1-10-4-5-11-12(14(17)18-2)9-15(6-3-7-16)13(11)8-10/h4-5,8-9,16H,3,6-7H2,1-2H3. The van der Waals surface area contributed by atoms with Crippen molar-refractivity contribution in [2.75, 3.05) is 13.7 Å². The van der Waals surface area contributed by atoms with Gasteiger partial charge in [0.2, 0.25) is 0 Å². The van der Waals surface area contributed by atoms with E-state index >= 15 is 0 Å². The van der Waals surface area contributed by atoms with Gasteiger partial charge in [-0.05, 0) is 25.0 Å². The SMILES string of the molecule is COC(=O)c1cn(CCCO)c2cc(C)ccc12. The number of methoxy groups -OCH3 is 1. The van der Waals surface area contributed by atoms with Crippen LogP contribution in [0, 0.1) is 6.92 Å². The maximum absolute atomic E-state index is 11.7. The lowest BCUT2D eigenvalue weighted by Gasteiger charge is -2.03. The number of aromatic nitrogens is 1. The first-order chi connectivity index (χ1) is 8.67. The molecule has 0 saturated carbocycles. The molecule has 0 aliphatic heterocycles. The molecule has 1 N–H and O–H groups in total. The first kappa shape index (κ1) is 12.6. The van der Waals surface area contributed by atoms with Crippen LogP contribution in [0.15, 0.2) is 24.4 Å². The van der Waals surface area contributed by atoms with Gasteiger partial charge in [0.25, 0.3) is 0 Å². The van der Waals surface area contributed by atoms with Gasteiger partial charge < -0.3 is 14.4 Å². The summed E-state index contributed by atoms with van der Waals surface area (Å²) in [5.41, 5.74) is 2.72. The Hall–Kier alpha value is -1.81. The molecule has 0 atom stereocenters. The molecule has 18 heavy (non-hydrogen) atoms. The van der Waals surface area contributed by atoms with Crippen molar-refractivity contribution in [1.29, 1.82) is 0 Å². The fraction of sp³-hybridized carbons (Fsp3) is 0.357. The van der Waals surface area contributed by atoms with Gasteiger partial charge in [-0.3, -0.25) is 0 Å². The zero-order chi connectivity index (χ0) is 13.1. The summed E-state index contributed by atoms with van der Waals surface area (Å²) in [6, 6.07) is 5.96. The Bertz CT molecular complexity index is 572. The Morgan fingerprint density at radius 1 is 1.44 bits per heavy atom. The number of benzene rings is 1. The third-order valence-electron chi connectivity index (χ3n) is 3.00. The van der Waals surface area contributed by atoms with Crippen molar-refractivity contribution < 1.29 is 14.6 Å². The van der Waals surface area contributed by atoms with Gasteiger partial charge in [-0.15, -0.1) is 0 Å². The van der Waals surface area contributed by atoms with Crippen molar-refractivity contribution in [3.63, 3.8) is 0 Å². The molecule has 0 aliphatic rings.